The summed E-state index contributed by atoms with van der Waals surface area (Å²) in [5.74, 6) is 2.04. The third-order valence-corrected chi connectivity index (χ3v) is 1.84. The van der Waals surface area contributed by atoms with E-state index in [-0.39, 0.29) is 12.5 Å². The molecular formula is C8H11N3O2. The highest BCUT2D eigenvalue weighted by atomic mass is 16.5. The van der Waals surface area contributed by atoms with E-state index in [1.54, 1.807) is 0 Å². The zero-order chi connectivity index (χ0) is 9.42. The van der Waals surface area contributed by atoms with E-state index >= 15 is 0 Å². The molecule has 0 saturated carbocycles. The molecule has 0 spiro atoms. The van der Waals surface area contributed by atoms with Crippen LogP contribution in [0.15, 0.2) is 0 Å². The Morgan fingerprint density at radius 3 is 3.00 bits per heavy atom. The number of aromatic amines is 1. The van der Waals surface area contributed by atoms with Crippen molar-refractivity contribution in [3.8, 4) is 5.88 Å². The predicted molar refractivity (Wildman–Crippen MR) is 46.8 cm³/mol. The number of nitrogens with zero attached hydrogens (tertiary/aromatic N) is 1. The lowest BCUT2D eigenvalue weighted by Gasteiger charge is -2.11. The van der Waals surface area contributed by atoms with Gasteiger partial charge >= 0.3 is 0 Å². The number of fused-ring (bicyclic) bond motifs is 1. The summed E-state index contributed by atoms with van der Waals surface area (Å²) < 4.78 is 5.11. The summed E-state index contributed by atoms with van der Waals surface area (Å²) in [4.78, 5) is 18.1. The van der Waals surface area contributed by atoms with Gasteiger partial charge in [-0.05, 0) is 0 Å². The summed E-state index contributed by atoms with van der Waals surface area (Å²) in [7, 11) is 0. The first-order valence-electron chi connectivity index (χ1n) is 4.19. The van der Waals surface area contributed by atoms with Crippen molar-refractivity contribution in [3.63, 3.8) is 0 Å². The van der Waals surface area contributed by atoms with Crippen LogP contribution in [0.3, 0.4) is 0 Å². The van der Waals surface area contributed by atoms with E-state index in [0.717, 1.165) is 5.82 Å². The number of hydrogen-bond donors (Lipinski definition) is 2. The zero-order valence-electron chi connectivity index (χ0n) is 7.55. The quantitative estimate of drug-likeness (QED) is 0.675. The summed E-state index contributed by atoms with van der Waals surface area (Å²) in [5.41, 5.74) is 0. The van der Waals surface area contributed by atoms with Gasteiger partial charge in [-0.25, -0.2) is 0 Å². The normalized spacial score (nSPS) is 15.2. The number of aromatic nitrogens is 2. The van der Waals surface area contributed by atoms with E-state index in [1.807, 2.05) is 13.8 Å². The number of ether oxygens (including phenoxy) is 1. The van der Waals surface area contributed by atoms with E-state index in [2.05, 4.69) is 15.3 Å². The van der Waals surface area contributed by atoms with Crippen LogP contribution in [0.25, 0.3) is 0 Å². The Hall–Kier alpha value is -1.52. The second-order valence-electron chi connectivity index (χ2n) is 3.29. The van der Waals surface area contributed by atoms with E-state index in [9.17, 15) is 4.79 Å². The minimum atomic E-state index is -0.147. The highest BCUT2D eigenvalue weighted by Crippen LogP contribution is 2.26. The Labute approximate surface area is 75.5 Å². The largest absolute Gasteiger partial charge is 0.465 e. The predicted octanol–water partition coefficient (Wildman–Crippen LogP) is 0.864. The van der Waals surface area contributed by atoms with Crippen LogP contribution in [0.1, 0.15) is 25.6 Å². The molecule has 1 aromatic heterocycles. The van der Waals surface area contributed by atoms with Crippen molar-refractivity contribution in [2.75, 3.05) is 11.9 Å². The lowest BCUT2D eigenvalue weighted by atomic mass is 10.2. The molecule has 2 heterocycles. The molecule has 5 heteroatoms. The molecule has 0 bridgehead atoms. The summed E-state index contributed by atoms with van der Waals surface area (Å²) in [6.45, 7) is 4.09. The van der Waals surface area contributed by atoms with Crippen LogP contribution in [-0.2, 0) is 4.79 Å². The Kier molecular flexibility index (Phi) is 1.72. The lowest BCUT2D eigenvalue weighted by Crippen LogP contribution is -2.25. The van der Waals surface area contributed by atoms with E-state index in [4.69, 9.17) is 4.74 Å². The number of carbonyl (C=O) groups excluding carboxylic acids is 1. The van der Waals surface area contributed by atoms with Crippen LogP contribution in [0, 0.1) is 0 Å². The smallest absolute Gasteiger partial charge is 0.263 e. The van der Waals surface area contributed by atoms with E-state index in [1.165, 1.54) is 0 Å². The molecule has 0 aliphatic carbocycles. The average Bonchev–Trinajstić information content (AvgIpc) is 2.46. The maximum Gasteiger partial charge on any atom is 0.263 e. The molecule has 1 aromatic rings. The van der Waals surface area contributed by atoms with Crippen LogP contribution in [-0.4, -0.2) is 22.5 Å². The summed E-state index contributed by atoms with van der Waals surface area (Å²) in [6, 6.07) is 0. The average molecular weight is 181 g/mol. The molecule has 5 nitrogen and oxygen atoms in total. The molecular weight excluding hydrogens is 170 g/mol. The molecule has 2 rings (SSSR count). The minimum Gasteiger partial charge on any atom is -0.465 e. The third kappa shape index (κ3) is 1.37. The van der Waals surface area contributed by atoms with Crippen molar-refractivity contribution in [1.29, 1.82) is 0 Å². The van der Waals surface area contributed by atoms with Crippen molar-refractivity contribution in [2.45, 2.75) is 19.8 Å². The van der Waals surface area contributed by atoms with Crippen molar-refractivity contribution in [3.05, 3.63) is 5.82 Å². The fourth-order valence-corrected chi connectivity index (χ4v) is 1.15. The van der Waals surface area contributed by atoms with Crippen molar-refractivity contribution < 1.29 is 9.53 Å². The number of imidazole rings is 1. The summed E-state index contributed by atoms with van der Waals surface area (Å²) in [5, 5.41) is 2.65. The zero-order valence-corrected chi connectivity index (χ0v) is 7.55. The first-order chi connectivity index (χ1) is 6.16. The van der Waals surface area contributed by atoms with Gasteiger partial charge in [-0.1, -0.05) is 13.8 Å². The number of amides is 1. The van der Waals surface area contributed by atoms with Gasteiger partial charge in [0.15, 0.2) is 12.4 Å². The highest BCUT2D eigenvalue weighted by Gasteiger charge is 2.20. The van der Waals surface area contributed by atoms with Gasteiger partial charge in [0.1, 0.15) is 5.82 Å². The molecule has 1 aliphatic heterocycles. The molecule has 0 unspecified atom stereocenters. The van der Waals surface area contributed by atoms with Crippen LogP contribution >= 0.6 is 0 Å². The number of nitrogens with one attached hydrogen (secondary N) is 2. The SMILES string of the molecule is CC(C)c1nc2c([nH]1)NC(=O)CO2. The fraction of sp³-hybridized carbons (Fsp3) is 0.500. The summed E-state index contributed by atoms with van der Waals surface area (Å²) in [6.07, 6.45) is 0. The first kappa shape index (κ1) is 8.10. The monoisotopic (exact) mass is 181 g/mol. The Morgan fingerprint density at radius 1 is 1.54 bits per heavy atom. The van der Waals surface area contributed by atoms with Gasteiger partial charge in [-0.2, -0.15) is 4.98 Å². The number of rotatable bonds is 1. The van der Waals surface area contributed by atoms with Gasteiger partial charge in [0.05, 0.1) is 0 Å². The molecule has 0 saturated heterocycles. The minimum absolute atomic E-state index is 0.0510. The first-order valence-corrected chi connectivity index (χ1v) is 4.19. The number of H-pyrrole nitrogens is 1. The molecule has 2 N–H and O–H groups in total. The molecule has 70 valence electrons. The molecule has 0 aromatic carbocycles. The molecule has 0 fully saturated rings. The van der Waals surface area contributed by atoms with Gasteiger partial charge < -0.3 is 15.0 Å². The fourth-order valence-electron chi connectivity index (χ4n) is 1.15. The van der Waals surface area contributed by atoms with E-state index < -0.39 is 0 Å². The van der Waals surface area contributed by atoms with Gasteiger partial charge in [-0.15, -0.1) is 0 Å². The van der Waals surface area contributed by atoms with Crippen LogP contribution < -0.4 is 10.1 Å². The number of hydrogen-bond acceptors (Lipinski definition) is 3. The van der Waals surface area contributed by atoms with Crippen molar-refractivity contribution >= 4 is 11.7 Å². The van der Waals surface area contributed by atoms with Crippen molar-refractivity contribution in [2.24, 2.45) is 0 Å². The second-order valence-corrected chi connectivity index (χ2v) is 3.29. The Morgan fingerprint density at radius 2 is 2.31 bits per heavy atom. The highest BCUT2D eigenvalue weighted by molar-refractivity contribution is 5.93. The second kappa shape index (κ2) is 2.76. The topological polar surface area (TPSA) is 67.0 Å². The van der Waals surface area contributed by atoms with Crippen LogP contribution in [0.2, 0.25) is 0 Å². The van der Waals surface area contributed by atoms with E-state index in [0.29, 0.717) is 17.6 Å². The van der Waals surface area contributed by atoms with Crippen LogP contribution in [0.4, 0.5) is 5.82 Å². The van der Waals surface area contributed by atoms with Crippen molar-refractivity contribution in [1.82, 2.24) is 9.97 Å². The van der Waals surface area contributed by atoms with Gasteiger partial charge in [0, 0.05) is 5.92 Å². The third-order valence-electron chi connectivity index (χ3n) is 1.84. The number of carbonyl (C=O) groups is 1. The van der Waals surface area contributed by atoms with Gasteiger partial charge in [0.25, 0.3) is 11.8 Å². The molecule has 0 atom stereocenters. The molecule has 1 amide bonds. The Balaban J connectivity index is 2.33. The Bertz CT molecular complexity index is 343. The molecule has 13 heavy (non-hydrogen) atoms. The van der Waals surface area contributed by atoms with Gasteiger partial charge in [-0.3, -0.25) is 4.79 Å². The standard InChI is InChI=1S/C8H11N3O2/c1-4(2)6-10-7-8(11-6)13-3-5(12)9-7/h4H,3H2,1-2H3,(H,9,12)(H,10,11). The van der Waals surface area contributed by atoms with Crippen LogP contribution in [0.5, 0.6) is 5.88 Å². The van der Waals surface area contributed by atoms with Gasteiger partial charge in [0.2, 0.25) is 0 Å². The molecule has 0 radical (unpaired) electrons. The maximum absolute atomic E-state index is 10.9. The summed E-state index contributed by atoms with van der Waals surface area (Å²) >= 11 is 0. The lowest BCUT2D eigenvalue weighted by molar-refractivity contribution is -0.118. The maximum atomic E-state index is 10.9. The number of anilines is 1. The molecule has 1 aliphatic rings.